The van der Waals surface area contributed by atoms with Crippen LogP contribution >= 0.6 is 0 Å². The van der Waals surface area contributed by atoms with Crippen LogP contribution in [0.4, 0.5) is 0 Å². The maximum Gasteiger partial charge on any atom is 0.191 e. The van der Waals surface area contributed by atoms with Gasteiger partial charge in [0.05, 0.1) is 6.61 Å². The molecule has 0 saturated carbocycles. The van der Waals surface area contributed by atoms with Crippen molar-refractivity contribution in [2.75, 3.05) is 6.61 Å². The summed E-state index contributed by atoms with van der Waals surface area (Å²) in [7, 11) is 0. The molecule has 3 nitrogen and oxygen atoms in total. The van der Waals surface area contributed by atoms with Crippen LogP contribution in [0.15, 0.2) is 0 Å². The first kappa shape index (κ1) is 4.73. The van der Waals surface area contributed by atoms with Gasteiger partial charge in [0, 0.05) is 6.42 Å². The van der Waals surface area contributed by atoms with Crippen molar-refractivity contribution in [1.29, 1.82) is 0 Å². The lowest BCUT2D eigenvalue weighted by molar-refractivity contribution is -0.431. The van der Waals surface area contributed by atoms with Gasteiger partial charge in [-0.1, -0.05) is 0 Å². The molecule has 0 aliphatic carbocycles. The molecule has 3 fully saturated rings. The molecule has 1 unspecified atom stereocenters. The Bertz CT molecular complexity index is 62.7. The Labute approximate surface area is 47.5 Å². The summed E-state index contributed by atoms with van der Waals surface area (Å²) in [4.78, 5) is 9.49. The number of rotatable bonds is 0. The van der Waals surface area contributed by atoms with E-state index >= 15 is 0 Å². The number of ether oxygens (including phenoxy) is 1. The second kappa shape index (κ2) is 1.69. The molecule has 8 heavy (non-hydrogen) atoms. The summed E-state index contributed by atoms with van der Waals surface area (Å²) in [5, 5.41) is 0. The van der Waals surface area contributed by atoms with Crippen molar-refractivity contribution in [3.8, 4) is 0 Å². The van der Waals surface area contributed by atoms with Crippen LogP contribution in [-0.2, 0) is 14.5 Å². The molecule has 0 aromatic rings. The highest BCUT2D eigenvalue weighted by molar-refractivity contribution is 4.83. The topological polar surface area (TPSA) is 27.7 Å². The van der Waals surface area contributed by atoms with Crippen molar-refractivity contribution in [2.45, 2.75) is 19.1 Å². The Morgan fingerprint density at radius 3 is 2.62 bits per heavy atom. The van der Waals surface area contributed by atoms with Crippen LogP contribution in [0.3, 0.4) is 0 Å². The lowest BCUT2D eigenvalue weighted by atomic mass is 10.1. The highest BCUT2D eigenvalue weighted by Crippen LogP contribution is 2.28. The summed E-state index contributed by atoms with van der Waals surface area (Å²) in [6, 6.07) is 0. The zero-order valence-corrected chi connectivity index (χ0v) is 4.42. The van der Waals surface area contributed by atoms with Crippen molar-refractivity contribution in [3.05, 3.63) is 6.10 Å². The second-order valence-electron chi connectivity index (χ2n) is 2.00. The van der Waals surface area contributed by atoms with E-state index in [0.717, 1.165) is 18.9 Å². The molecule has 3 rings (SSSR count). The maximum absolute atomic E-state index is 5.09. The summed E-state index contributed by atoms with van der Waals surface area (Å²) in [6.45, 7) is 0.630. The third-order valence-electron chi connectivity index (χ3n) is 1.36. The predicted molar refractivity (Wildman–Crippen MR) is 24.4 cm³/mol. The predicted octanol–water partition coefficient (Wildman–Crippen LogP) is 0.617. The number of fused-ring (bicyclic) bond motifs is 3. The molecule has 3 heteroatoms. The molecule has 45 valence electrons. The van der Waals surface area contributed by atoms with Gasteiger partial charge in [0.25, 0.3) is 0 Å². The Balaban J connectivity index is 2.03. The fourth-order valence-electron chi connectivity index (χ4n) is 0.884. The maximum atomic E-state index is 5.09. The quantitative estimate of drug-likeness (QED) is 0.433. The highest BCUT2D eigenvalue weighted by Gasteiger charge is 2.31. The molecule has 0 amide bonds. The minimum Gasteiger partial charge on any atom is -0.346 e. The standard InChI is InChI=1S/C5H7O3/c1-2-5-6-3-4(1)7-8-5/h5H,1-3H2. The number of hydrogen-bond acceptors (Lipinski definition) is 3. The Morgan fingerprint density at radius 1 is 1.50 bits per heavy atom. The zero-order valence-electron chi connectivity index (χ0n) is 4.42. The van der Waals surface area contributed by atoms with Crippen LogP contribution in [0, 0.1) is 6.10 Å². The van der Waals surface area contributed by atoms with Crippen LogP contribution in [0.25, 0.3) is 0 Å². The van der Waals surface area contributed by atoms with E-state index < -0.39 is 0 Å². The lowest BCUT2D eigenvalue weighted by Gasteiger charge is -2.32. The second-order valence-corrected chi connectivity index (χ2v) is 2.00. The van der Waals surface area contributed by atoms with Gasteiger partial charge in [-0.25, -0.2) is 9.78 Å². The van der Waals surface area contributed by atoms with Gasteiger partial charge in [-0.15, -0.1) is 0 Å². The van der Waals surface area contributed by atoms with E-state index in [9.17, 15) is 0 Å². The van der Waals surface area contributed by atoms with E-state index in [1.807, 2.05) is 0 Å². The van der Waals surface area contributed by atoms with Gasteiger partial charge in [0.2, 0.25) is 0 Å². The molecule has 3 aliphatic rings. The summed E-state index contributed by atoms with van der Waals surface area (Å²) in [6.07, 6.45) is 2.79. The van der Waals surface area contributed by atoms with E-state index in [1.54, 1.807) is 0 Å². The normalized spacial score (nSPS) is 38.2. The molecule has 0 aromatic carbocycles. The molecule has 3 heterocycles. The minimum absolute atomic E-state index is 0.0903. The molecule has 2 bridgehead atoms. The van der Waals surface area contributed by atoms with Crippen LogP contribution in [0.2, 0.25) is 0 Å². The summed E-state index contributed by atoms with van der Waals surface area (Å²) in [5.41, 5.74) is 0. The van der Waals surface area contributed by atoms with E-state index in [0.29, 0.717) is 6.61 Å². The Kier molecular flexibility index (Phi) is 0.997. The van der Waals surface area contributed by atoms with Gasteiger partial charge in [-0.05, 0) is 6.42 Å². The van der Waals surface area contributed by atoms with Gasteiger partial charge in [0.15, 0.2) is 12.4 Å². The molecule has 1 radical (unpaired) electrons. The molecule has 0 N–H and O–H groups in total. The zero-order chi connectivity index (χ0) is 5.40. The van der Waals surface area contributed by atoms with Crippen molar-refractivity contribution in [2.24, 2.45) is 0 Å². The molecule has 0 spiro atoms. The Hall–Kier alpha value is -0.120. The number of hydrogen-bond donors (Lipinski definition) is 0. The smallest absolute Gasteiger partial charge is 0.191 e. The Morgan fingerprint density at radius 2 is 2.50 bits per heavy atom. The van der Waals surface area contributed by atoms with Gasteiger partial charge in [0.1, 0.15) is 0 Å². The van der Waals surface area contributed by atoms with E-state index in [-0.39, 0.29) is 6.29 Å². The van der Waals surface area contributed by atoms with Crippen LogP contribution in [0.1, 0.15) is 12.8 Å². The first-order valence-electron chi connectivity index (χ1n) is 2.75. The molecule has 3 aliphatic heterocycles. The van der Waals surface area contributed by atoms with Crippen LogP contribution < -0.4 is 0 Å². The van der Waals surface area contributed by atoms with E-state index in [1.165, 1.54) is 0 Å². The third-order valence-corrected chi connectivity index (χ3v) is 1.36. The van der Waals surface area contributed by atoms with Crippen molar-refractivity contribution >= 4 is 0 Å². The fraction of sp³-hybridized carbons (Fsp3) is 0.800. The van der Waals surface area contributed by atoms with Gasteiger partial charge in [-0.2, -0.15) is 0 Å². The van der Waals surface area contributed by atoms with E-state index in [4.69, 9.17) is 14.5 Å². The summed E-state index contributed by atoms with van der Waals surface area (Å²) < 4.78 is 5.09. The first-order chi connectivity index (χ1) is 3.95. The van der Waals surface area contributed by atoms with E-state index in [2.05, 4.69) is 0 Å². The third kappa shape index (κ3) is 0.632. The molecule has 0 aromatic heterocycles. The lowest BCUT2D eigenvalue weighted by Crippen LogP contribution is -2.35. The molecule has 1 atom stereocenters. The first-order valence-corrected chi connectivity index (χ1v) is 2.75. The fourth-order valence-corrected chi connectivity index (χ4v) is 0.884. The molecule has 3 saturated heterocycles. The minimum atomic E-state index is -0.0903. The van der Waals surface area contributed by atoms with Gasteiger partial charge in [-0.3, -0.25) is 0 Å². The monoisotopic (exact) mass is 115 g/mol. The summed E-state index contributed by atoms with van der Waals surface area (Å²) in [5.74, 6) is 0. The van der Waals surface area contributed by atoms with Crippen LogP contribution in [-0.4, -0.2) is 12.9 Å². The molecular formula is C5H7O3. The average Bonchev–Trinajstić information content (AvgIpc) is 1.92. The largest absolute Gasteiger partial charge is 0.346 e. The highest BCUT2D eigenvalue weighted by atomic mass is 17.2. The van der Waals surface area contributed by atoms with Crippen LogP contribution in [0.5, 0.6) is 0 Å². The van der Waals surface area contributed by atoms with Crippen molar-refractivity contribution < 1.29 is 14.5 Å². The van der Waals surface area contributed by atoms with Crippen molar-refractivity contribution in [3.63, 3.8) is 0 Å². The SMILES string of the molecule is C1CC2OC[C]1OO2. The van der Waals surface area contributed by atoms with Gasteiger partial charge >= 0.3 is 0 Å². The van der Waals surface area contributed by atoms with Gasteiger partial charge < -0.3 is 4.74 Å². The average molecular weight is 115 g/mol. The summed E-state index contributed by atoms with van der Waals surface area (Å²) >= 11 is 0. The molecular weight excluding hydrogens is 108 g/mol. The van der Waals surface area contributed by atoms with Crippen molar-refractivity contribution in [1.82, 2.24) is 0 Å².